The molecule has 1 fully saturated rings. The van der Waals surface area contributed by atoms with Crippen molar-refractivity contribution in [1.29, 1.82) is 0 Å². The van der Waals surface area contributed by atoms with E-state index in [1.54, 1.807) is 10.6 Å². The third kappa shape index (κ3) is 3.94. The van der Waals surface area contributed by atoms with Crippen LogP contribution in [0.5, 0.6) is 0 Å². The average Bonchev–Trinajstić information content (AvgIpc) is 3.20. The number of piperidine rings is 1. The summed E-state index contributed by atoms with van der Waals surface area (Å²) in [5, 5.41) is 3.00. The zero-order valence-corrected chi connectivity index (χ0v) is 17.3. The Bertz CT molecular complexity index is 1060. The minimum atomic E-state index is -0.139. The standard InChI is InChI=1S/C23H30N4O2/c1-17-8-5-9-18(2)25(17)15-7-13-24-22(28)16-27-20-11-4-3-10-19(20)26-14-6-12-21(26)23(27)29/h3-4,6,10-12,14,17-18H,5,7-9,13,15-16H2,1-2H3,(H,24,28). The molecule has 6 heteroatoms. The van der Waals surface area contributed by atoms with Gasteiger partial charge in [0.2, 0.25) is 5.91 Å². The second kappa shape index (κ2) is 8.41. The number of amides is 1. The first kappa shape index (κ1) is 19.7. The normalized spacial score (nSPS) is 20.3. The number of nitrogens with zero attached hydrogens (tertiary/aromatic N) is 3. The van der Waals surface area contributed by atoms with Gasteiger partial charge >= 0.3 is 0 Å². The van der Waals surface area contributed by atoms with Gasteiger partial charge in [-0.2, -0.15) is 0 Å². The Kier molecular flexibility index (Phi) is 5.72. The van der Waals surface area contributed by atoms with E-state index >= 15 is 0 Å². The van der Waals surface area contributed by atoms with Crippen LogP contribution in [0.3, 0.4) is 0 Å². The van der Waals surface area contributed by atoms with Crippen LogP contribution in [-0.4, -0.2) is 44.9 Å². The topological polar surface area (TPSA) is 58.8 Å². The molecule has 0 radical (unpaired) electrons. The Hall–Kier alpha value is -2.60. The van der Waals surface area contributed by atoms with Crippen LogP contribution < -0.4 is 10.9 Å². The van der Waals surface area contributed by atoms with Gasteiger partial charge in [0, 0.05) is 31.4 Å². The highest BCUT2D eigenvalue weighted by Crippen LogP contribution is 2.22. The molecule has 0 bridgehead atoms. The monoisotopic (exact) mass is 394 g/mol. The molecule has 1 aliphatic heterocycles. The summed E-state index contributed by atoms with van der Waals surface area (Å²) in [6.07, 6.45) is 6.63. The lowest BCUT2D eigenvalue weighted by Gasteiger charge is -2.39. The molecule has 1 amide bonds. The van der Waals surface area contributed by atoms with E-state index in [0.717, 1.165) is 24.0 Å². The lowest BCUT2D eigenvalue weighted by molar-refractivity contribution is -0.121. The van der Waals surface area contributed by atoms with Crippen LogP contribution in [0.15, 0.2) is 47.4 Å². The Morgan fingerprint density at radius 2 is 1.72 bits per heavy atom. The molecule has 1 saturated heterocycles. The number of hydrogen-bond acceptors (Lipinski definition) is 3. The van der Waals surface area contributed by atoms with E-state index in [4.69, 9.17) is 0 Å². The molecule has 1 aliphatic rings. The third-order valence-electron chi connectivity index (χ3n) is 6.24. The lowest BCUT2D eigenvalue weighted by atomic mass is 9.97. The van der Waals surface area contributed by atoms with Gasteiger partial charge in [-0.1, -0.05) is 18.6 Å². The molecule has 0 spiro atoms. The predicted molar refractivity (Wildman–Crippen MR) is 116 cm³/mol. The fraction of sp³-hybridized carbons (Fsp3) is 0.478. The maximum Gasteiger partial charge on any atom is 0.275 e. The van der Waals surface area contributed by atoms with Gasteiger partial charge in [0.15, 0.2) is 0 Å². The van der Waals surface area contributed by atoms with Crippen molar-refractivity contribution in [2.24, 2.45) is 0 Å². The third-order valence-corrected chi connectivity index (χ3v) is 6.24. The Morgan fingerprint density at radius 1 is 1.03 bits per heavy atom. The molecular formula is C23H30N4O2. The van der Waals surface area contributed by atoms with Crippen LogP contribution in [0.25, 0.3) is 16.6 Å². The summed E-state index contributed by atoms with van der Waals surface area (Å²) in [6.45, 7) is 6.26. The zero-order chi connectivity index (χ0) is 20.4. The van der Waals surface area contributed by atoms with Gasteiger partial charge in [0.1, 0.15) is 12.1 Å². The van der Waals surface area contributed by atoms with Crippen LogP contribution in [-0.2, 0) is 11.3 Å². The molecule has 1 aromatic carbocycles. The number of carbonyl (C=O) groups excluding carboxylic acids is 1. The van der Waals surface area contributed by atoms with Crippen molar-refractivity contribution >= 4 is 22.5 Å². The molecule has 0 aliphatic carbocycles. The highest BCUT2D eigenvalue weighted by molar-refractivity contribution is 5.82. The summed E-state index contributed by atoms with van der Waals surface area (Å²) in [5.74, 6) is -0.118. The van der Waals surface area contributed by atoms with Gasteiger partial charge in [-0.05, 0) is 57.4 Å². The number of para-hydroxylation sites is 2. The van der Waals surface area contributed by atoms with Gasteiger partial charge in [0.25, 0.3) is 5.56 Å². The number of rotatable bonds is 6. The molecule has 3 aromatic rings. The molecule has 2 aromatic heterocycles. The van der Waals surface area contributed by atoms with E-state index in [-0.39, 0.29) is 18.0 Å². The van der Waals surface area contributed by atoms with Crippen molar-refractivity contribution in [2.75, 3.05) is 13.1 Å². The molecule has 0 saturated carbocycles. The molecule has 6 nitrogen and oxygen atoms in total. The molecule has 4 rings (SSSR count). The quantitative estimate of drug-likeness (QED) is 0.654. The fourth-order valence-corrected chi connectivity index (χ4v) is 4.67. The smallest absolute Gasteiger partial charge is 0.275 e. The average molecular weight is 395 g/mol. The minimum absolute atomic E-state index is 0.0392. The summed E-state index contributed by atoms with van der Waals surface area (Å²) >= 11 is 0. The number of hydrogen-bond donors (Lipinski definition) is 1. The van der Waals surface area contributed by atoms with E-state index in [2.05, 4.69) is 24.1 Å². The number of aromatic nitrogens is 2. The predicted octanol–water partition coefficient (Wildman–Crippen LogP) is 3.02. The van der Waals surface area contributed by atoms with Crippen molar-refractivity contribution in [1.82, 2.24) is 19.2 Å². The zero-order valence-electron chi connectivity index (χ0n) is 17.3. The van der Waals surface area contributed by atoms with Crippen LogP contribution in [0.2, 0.25) is 0 Å². The van der Waals surface area contributed by atoms with Crippen molar-refractivity contribution in [2.45, 2.75) is 58.2 Å². The van der Waals surface area contributed by atoms with E-state index in [1.165, 1.54) is 19.3 Å². The van der Waals surface area contributed by atoms with Gasteiger partial charge in [-0.25, -0.2) is 0 Å². The maximum absolute atomic E-state index is 12.9. The molecule has 2 atom stereocenters. The summed E-state index contributed by atoms with van der Waals surface area (Å²) in [7, 11) is 0. The first-order valence-electron chi connectivity index (χ1n) is 10.7. The van der Waals surface area contributed by atoms with E-state index in [1.807, 2.05) is 40.9 Å². The SMILES string of the molecule is CC1CCCC(C)N1CCCNC(=O)Cn1c(=O)c2cccn2c2ccccc21. The number of likely N-dealkylation sites (tertiary alicyclic amines) is 1. The fourth-order valence-electron chi connectivity index (χ4n) is 4.67. The molecule has 2 unspecified atom stereocenters. The summed E-state index contributed by atoms with van der Waals surface area (Å²) in [4.78, 5) is 28.0. The van der Waals surface area contributed by atoms with Crippen molar-refractivity contribution in [3.05, 3.63) is 52.9 Å². The number of nitrogens with one attached hydrogen (secondary N) is 1. The summed E-state index contributed by atoms with van der Waals surface area (Å²) in [5.41, 5.74) is 2.14. The Labute approximate surface area is 171 Å². The van der Waals surface area contributed by atoms with Crippen molar-refractivity contribution in [3.63, 3.8) is 0 Å². The van der Waals surface area contributed by atoms with Crippen LogP contribution in [0.1, 0.15) is 39.5 Å². The molecule has 1 N–H and O–H groups in total. The van der Waals surface area contributed by atoms with Crippen LogP contribution in [0.4, 0.5) is 0 Å². The molecule has 29 heavy (non-hydrogen) atoms. The molecular weight excluding hydrogens is 364 g/mol. The first-order valence-corrected chi connectivity index (χ1v) is 10.7. The number of benzene rings is 1. The Balaban J connectivity index is 1.41. The largest absolute Gasteiger partial charge is 0.355 e. The van der Waals surface area contributed by atoms with Gasteiger partial charge in [-0.3, -0.25) is 19.1 Å². The molecule has 154 valence electrons. The van der Waals surface area contributed by atoms with Gasteiger partial charge in [0.05, 0.1) is 11.0 Å². The minimum Gasteiger partial charge on any atom is -0.355 e. The van der Waals surface area contributed by atoms with Crippen LogP contribution >= 0.6 is 0 Å². The maximum atomic E-state index is 12.9. The van der Waals surface area contributed by atoms with Crippen molar-refractivity contribution < 1.29 is 4.79 Å². The Morgan fingerprint density at radius 3 is 2.48 bits per heavy atom. The second-order valence-electron chi connectivity index (χ2n) is 8.21. The number of carbonyl (C=O) groups is 1. The highest BCUT2D eigenvalue weighted by Gasteiger charge is 2.23. The van der Waals surface area contributed by atoms with Gasteiger partial charge in [-0.15, -0.1) is 0 Å². The summed E-state index contributed by atoms with van der Waals surface area (Å²) in [6, 6.07) is 12.6. The summed E-state index contributed by atoms with van der Waals surface area (Å²) < 4.78 is 3.46. The van der Waals surface area contributed by atoms with Gasteiger partial charge < -0.3 is 9.72 Å². The highest BCUT2D eigenvalue weighted by atomic mass is 16.2. The lowest BCUT2D eigenvalue weighted by Crippen LogP contribution is -2.45. The van der Waals surface area contributed by atoms with E-state index in [0.29, 0.717) is 24.1 Å². The van der Waals surface area contributed by atoms with Crippen LogP contribution in [0, 0.1) is 0 Å². The number of fused-ring (bicyclic) bond motifs is 3. The molecule has 3 heterocycles. The second-order valence-corrected chi connectivity index (χ2v) is 8.21. The van der Waals surface area contributed by atoms with E-state index < -0.39 is 0 Å². The van der Waals surface area contributed by atoms with Crippen molar-refractivity contribution in [3.8, 4) is 0 Å². The van der Waals surface area contributed by atoms with E-state index in [9.17, 15) is 9.59 Å². The first-order chi connectivity index (χ1) is 14.1.